The SMILES string of the molecule is N=Cc1c(N)cc(Br)c2c1[C@H]1C3CCC(C3)[C@H]1[C@H](c1ccc3c(N)n[nH]c3c1)N2. The lowest BCUT2D eigenvalue weighted by Gasteiger charge is -2.44. The van der Waals surface area contributed by atoms with Crippen molar-refractivity contribution in [2.45, 2.75) is 31.2 Å². The Morgan fingerprint density at radius 1 is 1.17 bits per heavy atom. The lowest BCUT2D eigenvalue weighted by molar-refractivity contribution is 0.247. The fraction of sp³-hybridized carbons (Fsp3) is 0.364. The van der Waals surface area contributed by atoms with Gasteiger partial charge in [-0.25, -0.2) is 0 Å². The number of hydrogen-bond acceptors (Lipinski definition) is 5. The summed E-state index contributed by atoms with van der Waals surface area (Å²) in [7, 11) is 0. The van der Waals surface area contributed by atoms with Crippen LogP contribution < -0.4 is 16.8 Å². The van der Waals surface area contributed by atoms with Crippen LogP contribution in [0.1, 0.15) is 47.9 Å². The minimum Gasteiger partial charge on any atom is -0.398 e. The van der Waals surface area contributed by atoms with Gasteiger partial charge in [0.05, 0.1) is 17.2 Å². The van der Waals surface area contributed by atoms with E-state index >= 15 is 0 Å². The zero-order valence-electron chi connectivity index (χ0n) is 15.9. The number of halogens is 1. The number of benzene rings is 2. The number of nitrogens with one attached hydrogen (secondary N) is 3. The number of fused-ring (bicyclic) bond motifs is 8. The molecule has 2 saturated carbocycles. The zero-order chi connectivity index (χ0) is 19.9. The molecule has 1 aromatic heterocycles. The summed E-state index contributed by atoms with van der Waals surface area (Å²) in [6, 6.07) is 8.59. The quantitative estimate of drug-likeness (QED) is 0.285. The minimum absolute atomic E-state index is 0.218. The highest BCUT2D eigenvalue weighted by atomic mass is 79.9. The van der Waals surface area contributed by atoms with E-state index in [0.29, 0.717) is 35.2 Å². The molecule has 1 aliphatic heterocycles. The van der Waals surface area contributed by atoms with Crippen molar-refractivity contribution in [1.29, 1.82) is 5.41 Å². The van der Waals surface area contributed by atoms with Crippen LogP contribution in [-0.4, -0.2) is 16.4 Å². The molecule has 3 aliphatic rings. The summed E-state index contributed by atoms with van der Waals surface area (Å²) in [4.78, 5) is 0. The van der Waals surface area contributed by atoms with Gasteiger partial charge in [0, 0.05) is 27.3 Å². The second kappa shape index (κ2) is 5.98. The van der Waals surface area contributed by atoms with E-state index in [1.807, 2.05) is 6.07 Å². The largest absolute Gasteiger partial charge is 0.398 e. The van der Waals surface area contributed by atoms with Crippen molar-refractivity contribution < 1.29 is 0 Å². The van der Waals surface area contributed by atoms with Gasteiger partial charge in [-0.1, -0.05) is 6.07 Å². The van der Waals surface area contributed by atoms with E-state index < -0.39 is 0 Å². The first kappa shape index (κ1) is 17.3. The average molecular weight is 451 g/mol. The Bertz CT molecular complexity index is 1170. The van der Waals surface area contributed by atoms with Crippen LogP contribution in [0.3, 0.4) is 0 Å². The molecule has 7 heteroatoms. The van der Waals surface area contributed by atoms with Crippen molar-refractivity contribution >= 4 is 50.2 Å². The van der Waals surface area contributed by atoms with Gasteiger partial charge in [0.25, 0.3) is 0 Å². The Kier molecular flexibility index (Phi) is 3.57. The molecule has 148 valence electrons. The predicted molar refractivity (Wildman–Crippen MR) is 120 cm³/mol. The van der Waals surface area contributed by atoms with Crippen LogP contribution in [0.15, 0.2) is 28.7 Å². The molecule has 0 radical (unpaired) electrons. The second-order valence-electron chi connectivity index (χ2n) is 8.77. The molecule has 2 bridgehead atoms. The smallest absolute Gasteiger partial charge is 0.153 e. The minimum atomic E-state index is 0.218. The molecule has 3 aromatic rings. The fourth-order valence-corrected chi connectivity index (χ4v) is 6.99. The van der Waals surface area contributed by atoms with Gasteiger partial charge in [-0.3, -0.25) is 5.10 Å². The number of nitrogens with zero attached hydrogens (tertiary/aromatic N) is 1. The van der Waals surface area contributed by atoms with Gasteiger partial charge in [-0.2, -0.15) is 5.10 Å². The molecule has 0 spiro atoms. The van der Waals surface area contributed by atoms with E-state index in [1.165, 1.54) is 36.6 Å². The number of aromatic amines is 1. The van der Waals surface area contributed by atoms with E-state index in [1.54, 1.807) is 0 Å². The molecule has 2 fully saturated rings. The molecule has 6 rings (SSSR count). The third kappa shape index (κ3) is 2.28. The van der Waals surface area contributed by atoms with Crippen LogP contribution in [0, 0.1) is 23.2 Å². The molecule has 2 aromatic carbocycles. The van der Waals surface area contributed by atoms with Crippen molar-refractivity contribution in [3.05, 3.63) is 45.4 Å². The third-order valence-corrected chi connectivity index (χ3v) is 8.14. The maximum absolute atomic E-state index is 8.02. The van der Waals surface area contributed by atoms with E-state index in [0.717, 1.165) is 26.6 Å². The average Bonchev–Trinajstić information content (AvgIpc) is 3.43. The summed E-state index contributed by atoms with van der Waals surface area (Å²) >= 11 is 3.74. The molecule has 2 heterocycles. The number of anilines is 3. The van der Waals surface area contributed by atoms with E-state index in [4.69, 9.17) is 16.9 Å². The molecule has 7 N–H and O–H groups in total. The van der Waals surface area contributed by atoms with Crippen molar-refractivity contribution in [3.8, 4) is 0 Å². The number of hydrogen-bond donors (Lipinski definition) is 5. The van der Waals surface area contributed by atoms with Gasteiger partial charge in [0.1, 0.15) is 0 Å². The monoisotopic (exact) mass is 450 g/mol. The fourth-order valence-electron chi connectivity index (χ4n) is 6.41. The van der Waals surface area contributed by atoms with Gasteiger partial charge in [0.2, 0.25) is 0 Å². The maximum Gasteiger partial charge on any atom is 0.153 e. The number of H-pyrrole nitrogens is 1. The molecule has 2 aliphatic carbocycles. The summed E-state index contributed by atoms with van der Waals surface area (Å²) in [5, 5.41) is 20.0. The normalized spacial score (nSPS) is 29.5. The van der Waals surface area contributed by atoms with Crippen molar-refractivity contribution in [3.63, 3.8) is 0 Å². The topological polar surface area (TPSA) is 117 Å². The molecular weight excluding hydrogens is 428 g/mol. The van der Waals surface area contributed by atoms with E-state index in [9.17, 15) is 0 Å². The first-order valence-electron chi connectivity index (χ1n) is 10.2. The van der Waals surface area contributed by atoms with Crippen LogP contribution in [0.2, 0.25) is 0 Å². The summed E-state index contributed by atoms with van der Waals surface area (Å²) < 4.78 is 0.980. The Morgan fingerprint density at radius 2 is 2.00 bits per heavy atom. The van der Waals surface area contributed by atoms with Crippen LogP contribution in [-0.2, 0) is 0 Å². The highest BCUT2D eigenvalue weighted by molar-refractivity contribution is 9.10. The lowest BCUT2D eigenvalue weighted by Crippen LogP contribution is -2.36. The first-order chi connectivity index (χ1) is 14.1. The molecular formula is C22H23BrN6. The predicted octanol–water partition coefficient (Wildman–Crippen LogP) is 4.78. The Hall–Kier alpha value is -2.54. The van der Waals surface area contributed by atoms with Gasteiger partial charge in [-0.15, -0.1) is 0 Å². The van der Waals surface area contributed by atoms with Crippen molar-refractivity contribution in [2.24, 2.45) is 17.8 Å². The molecule has 0 saturated heterocycles. The number of rotatable bonds is 2. The number of aromatic nitrogens is 2. The van der Waals surface area contributed by atoms with Crippen LogP contribution in [0.25, 0.3) is 10.9 Å². The van der Waals surface area contributed by atoms with Crippen molar-refractivity contribution in [1.82, 2.24) is 10.2 Å². The van der Waals surface area contributed by atoms with Crippen LogP contribution >= 0.6 is 15.9 Å². The Morgan fingerprint density at radius 3 is 2.83 bits per heavy atom. The Labute approximate surface area is 177 Å². The van der Waals surface area contributed by atoms with Gasteiger partial charge >= 0.3 is 0 Å². The lowest BCUT2D eigenvalue weighted by atomic mass is 9.67. The van der Waals surface area contributed by atoms with Gasteiger partial charge < -0.3 is 22.2 Å². The summed E-state index contributed by atoms with van der Waals surface area (Å²) in [5.41, 5.74) is 18.4. The van der Waals surface area contributed by atoms with Crippen LogP contribution in [0.4, 0.5) is 17.2 Å². The van der Waals surface area contributed by atoms with Crippen LogP contribution in [0.5, 0.6) is 0 Å². The molecule has 5 atom stereocenters. The summed E-state index contributed by atoms with van der Waals surface area (Å²) in [6.07, 6.45) is 5.28. The van der Waals surface area contributed by atoms with Gasteiger partial charge in [-0.05, 0) is 88.2 Å². The summed E-state index contributed by atoms with van der Waals surface area (Å²) in [6.45, 7) is 0. The molecule has 0 amide bonds. The first-order valence-corrected chi connectivity index (χ1v) is 11.0. The zero-order valence-corrected chi connectivity index (χ0v) is 17.5. The standard InChI is InChI=1S/C22H23BrN6/c23-14-7-15(25)13(8-24)19-17-9-1-2-10(5-9)18(17)20(27-21(14)19)11-3-4-12-16(6-11)28-29-22(12)26/h3-4,6-10,17-18,20,24,27H,1-2,5,25H2,(H3,26,28,29)/t9?,10?,17-,18+,20-/m0/s1. The van der Waals surface area contributed by atoms with Crippen molar-refractivity contribution in [2.75, 3.05) is 16.8 Å². The van der Waals surface area contributed by atoms with Gasteiger partial charge in [0.15, 0.2) is 5.82 Å². The molecule has 29 heavy (non-hydrogen) atoms. The second-order valence-corrected chi connectivity index (χ2v) is 9.62. The highest BCUT2D eigenvalue weighted by Gasteiger charge is 2.54. The highest BCUT2D eigenvalue weighted by Crippen LogP contribution is 2.65. The Balaban J connectivity index is 1.55. The number of nitrogens with two attached hydrogens (primary N) is 2. The molecule has 6 nitrogen and oxygen atoms in total. The molecule has 2 unspecified atom stereocenters. The summed E-state index contributed by atoms with van der Waals surface area (Å²) in [5.74, 6) is 2.87. The maximum atomic E-state index is 8.02. The third-order valence-electron chi connectivity index (χ3n) is 7.51. The van der Waals surface area contributed by atoms with E-state index in [2.05, 4.69) is 49.6 Å². The van der Waals surface area contributed by atoms with E-state index in [-0.39, 0.29) is 6.04 Å². The number of nitrogen functional groups attached to an aromatic ring is 2.